The van der Waals surface area contributed by atoms with E-state index in [1.54, 1.807) is 0 Å². The minimum Gasteiger partial charge on any atom is -0.355 e. The molecule has 2 N–H and O–H groups in total. The Balaban J connectivity index is 2.26. The molecule has 0 aromatic carbocycles. The predicted octanol–water partition coefficient (Wildman–Crippen LogP) is 1.61. The van der Waals surface area contributed by atoms with Crippen molar-refractivity contribution in [2.24, 2.45) is 5.92 Å². The van der Waals surface area contributed by atoms with Gasteiger partial charge in [0, 0.05) is 37.8 Å². The first kappa shape index (κ1) is 16.4. The molecule has 0 radical (unpaired) electrons. The summed E-state index contributed by atoms with van der Waals surface area (Å²) in [7, 11) is 0. The van der Waals surface area contributed by atoms with E-state index < -0.39 is 0 Å². The van der Waals surface area contributed by atoms with Crippen LogP contribution in [0.3, 0.4) is 0 Å². The van der Waals surface area contributed by atoms with E-state index in [0.29, 0.717) is 18.1 Å². The maximum absolute atomic E-state index is 12.1. The first-order valence-electron chi connectivity index (χ1n) is 7.68. The van der Waals surface area contributed by atoms with Gasteiger partial charge in [-0.05, 0) is 47.5 Å². The number of amides is 1. The molecule has 1 heterocycles. The van der Waals surface area contributed by atoms with Gasteiger partial charge in [0.15, 0.2) is 0 Å². The van der Waals surface area contributed by atoms with Crippen molar-refractivity contribution in [2.75, 3.05) is 19.6 Å². The Morgan fingerprint density at radius 1 is 1.26 bits per heavy atom. The largest absolute Gasteiger partial charge is 0.355 e. The van der Waals surface area contributed by atoms with Crippen LogP contribution in [0.5, 0.6) is 0 Å². The molecule has 0 aromatic heterocycles. The van der Waals surface area contributed by atoms with Gasteiger partial charge in [0.25, 0.3) is 0 Å². The van der Waals surface area contributed by atoms with Crippen LogP contribution in [0.4, 0.5) is 0 Å². The molecule has 1 aliphatic rings. The molecule has 1 amide bonds. The van der Waals surface area contributed by atoms with E-state index in [4.69, 9.17) is 0 Å². The average Bonchev–Trinajstić information content (AvgIpc) is 2.34. The van der Waals surface area contributed by atoms with Crippen molar-refractivity contribution < 1.29 is 4.79 Å². The normalized spacial score (nSPS) is 24.2. The van der Waals surface area contributed by atoms with Crippen molar-refractivity contribution in [3.05, 3.63) is 0 Å². The number of piperidine rings is 1. The number of hydrogen-bond acceptors (Lipinski definition) is 3. The summed E-state index contributed by atoms with van der Waals surface area (Å²) in [4.78, 5) is 14.5. The molecule has 2 atom stereocenters. The first-order valence-corrected chi connectivity index (χ1v) is 7.68. The van der Waals surface area contributed by atoms with E-state index in [9.17, 15) is 4.79 Å². The van der Waals surface area contributed by atoms with Gasteiger partial charge in [0.2, 0.25) is 5.91 Å². The molecular formula is C15H31N3O. The van der Waals surface area contributed by atoms with Crippen molar-refractivity contribution >= 4 is 5.91 Å². The fourth-order valence-corrected chi connectivity index (χ4v) is 2.79. The third-order valence-electron chi connectivity index (χ3n) is 4.03. The van der Waals surface area contributed by atoms with E-state index in [1.807, 2.05) is 0 Å². The highest BCUT2D eigenvalue weighted by molar-refractivity contribution is 5.78. The van der Waals surface area contributed by atoms with E-state index >= 15 is 0 Å². The second-order valence-electron chi connectivity index (χ2n) is 6.30. The van der Waals surface area contributed by atoms with Crippen molar-refractivity contribution in [2.45, 2.75) is 65.6 Å². The maximum atomic E-state index is 12.1. The van der Waals surface area contributed by atoms with Crippen LogP contribution < -0.4 is 10.6 Å². The van der Waals surface area contributed by atoms with Gasteiger partial charge in [-0.15, -0.1) is 0 Å². The summed E-state index contributed by atoms with van der Waals surface area (Å²) in [6.07, 6.45) is 2.11. The Bertz CT molecular complexity index is 263. The number of carbonyl (C=O) groups excluding carboxylic acids is 1. The number of rotatable bonds is 6. The lowest BCUT2D eigenvalue weighted by atomic mass is 9.95. The SMILES string of the molecule is CC1CCC(C(=O)NCCN(C(C)C)C(C)C)CN1. The summed E-state index contributed by atoms with van der Waals surface area (Å²) in [6, 6.07) is 1.60. The van der Waals surface area contributed by atoms with Crippen LogP contribution in [0, 0.1) is 5.92 Å². The molecule has 2 unspecified atom stereocenters. The molecule has 1 aliphatic heterocycles. The lowest BCUT2D eigenvalue weighted by Gasteiger charge is -2.31. The molecule has 0 bridgehead atoms. The van der Waals surface area contributed by atoms with E-state index in [1.165, 1.54) is 0 Å². The molecule has 1 fully saturated rings. The van der Waals surface area contributed by atoms with Gasteiger partial charge >= 0.3 is 0 Å². The number of hydrogen-bond donors (Lipinski definition) is 2. The molecule has 1 rings (SSSR count). The molecule has 0 spiro atoms. The molecule has 112 valence electrons. The summed E-state index contributed by atoms with van der Waals surface area (Å²) < 4.78 is 0. The molecule has 0 aliphatic carbocycles. The quantitative estimate of drug-likeness (QED) is 0.770. The third-order valence-corrected chi connectivity index (χ3v) is 4.03. The Hall–Kier alpha value is -0.610. The Labute approximate surface area is 118 Å². The van der Waals surface area contributed by atoms with Gasteiger partial charge in [-0.2, -0.15) is 0 Å². The van der Waals surface area contributed by atoms with Gasteiger partial charge in [-0.3, -0.25) is 9.69 Å². The fraction of sp³-hybridized carbons (Fsp3) is 0.933. The van der Waals surface area contributed by atoms with Crippen molar-refractivity contribution in [1.82, 2.24) is 15.5 Å². The maximum Gasteiger partial charge on any atom is 0.224 e. The van der Waals surface area contributed by atoms with Crippen LogP contribution >= 0.6 is 0 Å². The van der Waals surface area contributed by atoms with Crippen LogP contribution in [0.25, 0.3) is 0 Å². The minimum absolute atomic E-state index is 0.155. The van der Waals surface area contributed by atoms with Gasteiger partial charge in [0.1, 0.15) is 0 Å². The summed E-state index contributed by atoms with van der Waals surface area (Å²) >= 11 is 0. The highest BCUT2D eigenvalue weighted by Crippen LogP contribution is 2.14. The molecule has 0 saturated carbocycles. The van der Waals surface area contributed by atoms with Crippen LogP contribution in [0.2, 0.25) is 0 Å². The smallest absolute Gasteiger partial charge is 0.224 e. The van der Waals surface area contributed by atoms with Crippen LogP contribution in [-0.2, 0) is 4.79 Å². The van der Waals surface area contributed by atoms with Crippen molar-refractivity contribution in [1.29, 1.82) is 0 Å². The number of carbonyl (C=O) groups is 1. The molecule has 1 saturated heterocycles. The zero-order chi connectivity index (χ0) is 14.4. The highest BCUT2D eigenvalue weighted by Gasteiger charge is 2.23. The van der Waals surface area contributed by atoms with Gasteiger partial charge in [0.05, 0.1) is 5.92 Å². The second kappa shape index (κ2) is 7.85. The molecule has 4 heteroatoms. The van der Waals surface area contributed by atoms with Gasteiger partial charge in [-0.1, -0.05) is 0 Å². The summed E-state index contributed by atoms with van der Waals surface area (Å²) in [5.74, 6) is 0.370. The lowest BCUT2D eigenvalue weighted by molar-refractivity contribution is -0.125. The van der Waals surface area contributed by atoms with Crippen LogP contribution in [-0.4, -0.2) is 48.6 Å². The van der Waals surface area contributed by atoms with E-state index in [2.05, 4.69) is 50.2 Å². The predicted molar refractivity (Wildman–Crippen MR) is 80.2 cm³/mol. The van der Waals surface area contributed by atoms with Crippen molar-refractivity contribution in [3.63, 3.8) is 0 Å². The average molecular weight is 269 g/mol. The topological polar surface area (TPSA) is 44.4 Å². The lowest BCUT2D eigenvalue weighted by Crippen LogP contribution is -2.47. The van der Waals surface area contributed by atoms with Gasteiger partial charge < -0.3 is 10.6 Å². The number of nitrogens with one attached hydrogen (secondary N) is 2. The fourth-order valence-electron chi connectivity index (χ4n) is 2.79. The minimum atomic E-state index is 0.155. The third kappa shape index (κ3) is 5.49. The highest BCUT2D eigenvalue weighted by atomic mass is 16.1. The molecule has 4 nitrogen and oxygen atoms in total. The van der Waals surface area contributed by atoms with Crippen molar-refractivity contribution in [3.8, 4) is 0 Å². The zero-order valence-electron chi connectivity index (χ0n) is 13.2. The Morgan fingerprint density at radius 3 is 2.37 bits per heavy atom. The van der Waals surface area contributed by atoms with Gasteiger partial charge in [-0.25, -0.2) is 0 Å². The second-order valence-corrected chi connectivity index (χ2v) is 6.30. The number of nitrogens with zero attached hydrogens (tertiary/aromatic N) is 1. The Kier molecular flexibility index (Phi) is 6.80. The standard InChI is InChI=1S/C15H31N3O/c1-11(2)18(12(3)4)9-8-16-15(19)14-7-6-13(5)17-10-14/h11-14,17H,6-10H2,1-5H3,(H,16,19). The van der Waals surface area contributed by atoms with E-state index in [0.717, 1.165) is 32.5 Å². The summed E-state index contributed by atoms with van der Waals surface area (Å²) in [5, 5.41) is 6.46. The van der Waals surface area contributed by atoms with Crippen LogP contribution in [0.1, 0.15) is 47.5 Å². The Morgan fingerprint density at radius 2 is 1.89 bits per heavy atom. The molecular weight excluding hydrogens is 238 g/mol. The molecule has 19 heavy (non-hydrogen) atoms. The van der Waals surface area contributed by atoms with E-state index in [-0.39, 0.29) is 11.8 Å². The monoisotopic (exact) mass is 269 g/mol. The first-order chi connectivity index (χ1) is 8.91. The summed E-state index contributed by atoms with van der Waals surface area (Å²) in [5.41, 5.74) is 0. The zero-order valence-corrected chi connectivity index (χ0v) is 13.2. The summed E-state index contributed by atoms with van der Waals surface area (Å²) in [6.45, 7) is 13.5. The molecule has 0 aromatic rings. The van der Waals surface area contributed by atoms with Crippen LogP contribution in [0.15, 0.2) is 0 Å².